The molecule has 2 rings (SSSR count). The first-order chi connectivity index (χ1) is 7.65. The molecule has 0 aliphatic rings. The quantitative estimate of drug-likeness (QED) is 0.796. The number of aromatic nitrogens is 1. The number of hydrogen-bond acceptors (Lipinski definition) is 4. The van der Waals surface area contributed by atoms with Crippen molar-refractivity contribution >= 4 is 22.2 Å². The maximum Gasteiger partial charge on any atom is 0.187 e. The van der Waals surface area contributed by atoms with Gasteiger partial charge in [0.1, 0.15) is 5.75 Å². The van der Waals surface area contributed by atoms with Crippen LogP contribution in [0.3, 0.4) is 0 Å². The van der Waals surface area contributed by atoms with E-state index in [-0.39, 0.29) is 5.75 Å². The number of benzene rings is 1. The van der Waals surface area contributed by atoms with Gasteiger partial charge in [0.2, 0.25) is 0 Å². The van der Waals surface area contributed by atoms with Gasteiger partial charge in [-0.05, 0) is 30.2 Å². The van der Waals surface area contributed by atoms with Gasteiger partial charge in [0.05, 0.1) is 5.69 Å². The smallest absolute Gasteiger partial charge is 0.187 e. The van der Waals surface area contributed by atoms with Crippen molar-refractivity contribution in [3.05, 3.63) is 35.3 Å². The van der Waals surface area contributed by atoms with E-state index in [1.54, 1.807) is 23.5 Å². The Bertz CT molecular complexity index is 462. The topological polar surface area (TPSA) is 45.1 Å². The minimum Gasteiger partial charge on any atom is -0.508 e. The third-order valence-electron chi connectivity index (χ3n) is 2.23. The second-order valence-electron chi connectivity index (χ2n) is 3.90. The van der Waals surface area contributed by atoms with Crippen molar-refractivity contribution in [3.8, 4) is 5.75 Å². The highest BCUT2D eigenvalue weighted by Gasteiger charge is 2.05. The first-order valence-electron chi connectivity index (χ1n) is 5.16. The predicted molar refractivity (Wildman–Crippen MR) is 67.6 cm³/mol. The van der Waals surface area contributed by atoms with Crippen LogP contribution >= 0.6 is 11.3 Å². The van der Waals surface area contributed by atoms with Crippen molar-refractivity contribution < 1.29 is 5.11 Å². The number of aromatic hydroxyl groups is 1. The fourth-order valence-electron chi connectivity index (χ4n) is 1.28. The van der Waals surface area contributed by atoms with E-state index < -0.39 is 0 Å². The Kier molecular flexibility index (Phi) is 3.10. The Morgan fingerprint density at radius 2 is 1.94 bits per heavy atom. The van der Waals surface area contributed by atoms with Gasteiger partial charge in [-0.1, -0.05) is 13.8 Å². The van der Waals surface area contributed by atoms with E-state index >= 15 is 0 Å². The maximum atomic E-state index is 9.16. The number of rotatable bonds is 3. The lowest BCUT2D eigenvalue weighted by Gasteiger charge is -2.02. The second-order valence-corrected chi connectivity index (χ2v) is 4.76. The van der Waals surface area contributed by atoms with Crippen LogP contribution in [0.25, 0.3) is 0 Å². The molecule has 0 saturated carbocycles. The largest absolute Gasteiger partial charge is 0.508 e. The standard InChI is InChI=1S/C12H14N2OS/c1-8(2)11-7-16-12(14-11)13-9-3-5-10(15)6-4-9/h3-8,15H,1-2H3,(H,13,14). The maximum absolute atomic E-state index is 9.16. The lowest BCUT2D eigenvalue weighted by atomic mass is 10.2. The van der Waals surface area contributed by atoms with Gasteiger partial charge in [-0.25, -0.2) is 4.98 Å². The molecule has 0 fully saturated rings. The van der Waals surface area contributed by atoms with E-state index in [0.717, 1.165) is 16.5 Å². The number of anilines is 2. The fourth-order valence-corrected chi connectivity index (χ4v) is 2.17. The molecular formula is C12H14N2OS. The first kappa shape index (κ1) is 11.0. The number of nitrogens with zero attached hydrogens (tertiary/aromatic N) is 1. The molecule has 0 amide bonds. The van der Waals surface area contributed by atoms with Crippen LogP contribution in [0.4, 0.5) is 10.8 Å². The molecule has 0 saturated heterocycles. The number of phenolic OH excluding ortho intramolecular Hbond substituents is 1. The molecule has 1 aromatic carbocycles. The Morgan fingerprint density at radius 3 is 2.50 bits per heavy atom. The van der Waals surface area contributed by atoms with Crippen molar-refractivity contribution in [1.29, 1.82) is 0 Å². The molecular weight excluding hydrogens is 220 g/mol. The highest BCUT2D eigenvalue weighted by Crippen LogP contribution is 2.25. The zero-order valence-electron chi connectivity index (χ0n) is 9.27. The van der Waals surface area contributed by atoms with Crippen LogP contribution in [-0.2, 0) is 0 Å². The Balaban J connectivity index is 2.11. The molecule has 0 aliphatic carbocycles. The van der Waals surface area contributed by atoms with Gasteiger partial charge >= 0.3 is 0 Å². The van der Waals surface area contributed by atoms with E-state index in [0.29, 0.717) is 5.92 Å². The Labute approximate surface area is 98.8 Å². The summed E-state index contributed by atoms with van der Waals surface area (Å²) in [5.74, 6) is 0.721. The molecule has 84 valence electrons. The lowest BCUT2D eigenvalue weighted by molar-refractivity contribution is 0.475. The molecule has 0 atom stereocenters. The summed E-state index contributed by atoms with van der Waals surface area (Å²) in [6.07, 6.45) is 0. The normalized spacial score (nSPS) is 10.7. The third kappa shape index (κ3) is 2.52. The van der Waals surface area contributed by atoms with Gasteiger partial charge in [-0.15, -0.1) is 11.3 Å². The van der Waals surface area contributed by atoms with E-state index in [9.17, 15) is 0 Å². The van der Waals surface area contributed by atoms with Crippen LogP contribution in [0.1, 0.15) is 25.5 Å². The minimum atomic E-state index is 0.271. The SMILES string of the molecule is CC(C)c1csc(Nc2ccc(O)cc2)n1. The summed E-state index contributed by atoms with van der Waals surface area (Å²) >= 11 is 1.59. The summed E-state index contributed by atoms with van der Waals surface area (Å²) < 4.78 is 0. The molecule has 0 spiro atoms. The molecule has 1 heterocycles. The van der Waals surface area contributed by atoms with E-state index in [2.05, 4.69) is 29.5 Å². The van der Waals surface area contributed by atoms with Crippen LogP contribution in [0, 0.1) is 0 Å². The highest BCUT2D eigenvalue weighted by molar-refractivity contribution is 7.13. The molecule has 0 bridgehead atoms. The Hall–Kier alpha value is -1.55. The van der Waals surface area contributed by atoms with Crippen LogP contribution in [0.15, 0.2) is 29.6 Å². The summed E-state index contributed by atoms with van der Waals surface area (Å²) in [4.78, 5) is 4.47. The van der Waals surface area contributed by atoms with Gasteiger partial charge < -0.3 is 10.4 Å². The van der Waals surface area contributed by atoms with Crippen molar-refractivity contribution in [2.45, 2.75) is 19.8 Å². The number of thiazole rings is 1. The lowest BCUT2D eigenvalue weighted by Crippen LogP contribution is -1.91. The number of phenols is 1. The van der Waals surface area contributed by atoms with Crippen LogP contribution in [0.2, 0.25) is 0 Å². The molecule has 2 N–H and O–H groups in total. The molecule has 0 aliphatic heterocycles. The zero-order valence-corrected chi connectivity index (χ0v) is 10.1. The van der Waals surface area contributed by atoms with Gasteiger partial charge in [-0.3, -0.25) is 0 Å². The fraction of sp³-hybridized carbons (Fsp3) is 0.250. The molecule has 16 heavy (non-hydrogen) atoms. The first-order valence-corrected chi connectivity index (χ1v) is 6.04. The van der Waals surface area contributed by atoms with E-state index in [1.807, 2.05) is 12.1 Å². The minimum absolute atomic E-state index is 0.271. The number of nitrogens with one attached hydrogen (secondary N) is 1. The average molecular weight is 234 g/mol. The average Bonchev–Trinajstić information content (AvgIpc) is 2.70. The third-order valence-corrected chi connectivity index (χ3v) is 3.01. The van der Waals surface area contributed by atoms with Crippen LogP contribution < -0.4 is 5.32 Å². The second kappa shape index (κ2) is 4.53. The monoisotopic (exact) mass is 234 g/mol. The van der Waals surface area contributed by atoms with Crippen molar-refractivity contribution in [3.63, 3.8) is 0 Å². The van der Waals surface area contributed by atoms with Crippen LogP contribution in [0.5, 0.6) is 5.75 Å². The zero-order chi connectivity index (χ0) is 11.5. The molecule has 1 aromatic heterocycles. The van der Waals surface area contributed by atoms with Gasteiger partial charge in [0, 0.05) is 11.1 Å². The molecule has 4 heteroatoms. The van der Waals surface area contributed by atoms with Crippen molar-refractivity contribution in [1.82, 2.24) is 4.98 Å². The molecule has 3 nitrogen and oxygen atoms in total. The van der Waals surface area contributed by atoms with Crippen molar-refractivity contribution in [2.24, 2.45) is 0 Å². The highest BCUT2D eigenvalue weighted by atomic mass is 32.1. The summed E-state index contributed by atoms with van der Waals surface area (Å²) in [6, 6.07) is 6.95. The summed E-state index contributed by atoms with van der Waals surface area (Å²) in [5, 5.41) is 15.3. The number of hydrogen-bond donors (Lipinski definition) is 2. The Morgan fingerprint density at radius 1 is 1.25 bits per heavy atom. The van der Waals surface area contributed by atoms with Crippen molar-refractivity contribution in [2.75, 3.05) is 5.32 Å². The van der Waals surface area contributed by atoms with Crippen LogP contribution in [-0.4, -0.2) is 10.1 Å². The summed E-state index contributed by atoms with van der Waals surface area (Å²) in [6.45, 7) is 4.25. The van der Waals surface area contributed by atoms with Gasteiger partial charge in [0.25, 0.3) is 0 Å². The molecule has 2 aromatic rings. The predicted octanol–water partition coefficient (Wildman–Crippen LogP) is 3.72. The molecule has 0 radical (unpaired) electrons. The van der Waals surface area contributed by atoms with E-state index in [1.165, 1.54) is 0 Å². The van der Waals surface area contributed by atoms with E-state index in [4.69, 9.17) is 5.11 Å². The van der Waals surface area contributed by atoms with Gasteiger partial charge in [0.15, 0.2) is 5.13 Å². The summed E-state index contributed by atoms with van der Waals surface area (Å²) in [7, 11) is 0. The van der Waals surface area contributed by atoms with Gasteiger partial charge in [-0.2, -0.15) is 0 Å². The molecule has 0 unspecified atom stereocenters. The summed E-state index contributed by atoms with van der Waals surface area (Å²) in [5.41, 5.74) is 2.04.